The molecule has 0 aliphatic carbocycles. The van der Waals surface area contributed by atoms with E-state index in [2.05, 4.69) is 15.3 Å². The van der Waals surface area contributed by atoms with Crippen LogP contribution in [-0.2, 0) is 0 Å². The van der Waals surface area contributed by atoms with Gasteiger partial charge in [0.05, 0.1) is 21.1 Å². The Labute approximate surface area is 147 Å². The number of carbonyl (C=O) groups excluding carboxylic acids is 1. The second-order valence-corrected chi connectivity index (χ2v) is 6.75. The molecule has 0 saturated carbocycles. The lowest BCUT2D eigenvalue weighted by molar-refractivity contribution is -0.385. The summed E-state index contributed by atoms with van der Waals surface area (Å²) in [5, 5.41) is 14.7. The number of nitro groups is 1. The number of rotatable bonds is 3. The minimum absolute atomic E-state index is 0.0248. The molecule has 1 aromatic carbocycles. The lowest BCUT2D eigenvalue weighted by Gasteiger charge is -2.08. The number of thiophene rings is 1. The van der Waals surface area contributed by atoms with Gasteiger partial charge in [-0.05, 0) is 39.3 Å². The van der Waals surface area contributed by atoms with E-state index in [4.69, 9.17) is 0 Å². The fraction of sp³-hybridized carbons (Fsp3) is 0.235. The topological polar surface area (TPSA) is 98.0 Å². The molecule has 1 N–H and O–H groups in total. The SMILES string of the molecule is Cc1nc(C)c2c(C)c(C(=O)Nc3cccc([N+](=O)[O-])c3C)sc2n1. The molecule has 0 unspecified atom stereocenters. The molecule has 7 nitrogen and oxygen atoms in total. The molecule has 2 heterocycles. The molecule has 8 heteroatoms. The van der Waals surface area contributed by atoms with E-state index in [-0.39, 0.29) is 11.6 Å². The van der Waals surface area contributed by atoms with Crippen LogP contribution in [0.5, 0.6) is 0 Å². The molecule has 0 aliphatic heterocycles. The number of hydrogen-bond acceptors (Lipinski definition) is 6. The Morgan fingerprint density at radius 1 is 1.16 bits per heavy atom. The van der Waals surface area contributed by atoms with Gasteiger partial charge in [0.1, 0.15) is 10.7 Å². The quantitative estimate of drug-likeness (QED) is 0.563. The van der Waals surface area contributed by atoms with Gasteiger partial charge in [0.25, 0.3) is 11.6 Å². The minimum atomic E-state index is -0.461. The molecule has 3 aromatic rings. The Hall–Kier alpha value is -2.87. The minimum Gasteiger partial charge on any atom is -0.321 e. The summed E-state index contributed by atoms with van der Waals surface area (Å²) in [6.45, 7) is 7.18. The van der Waals surface area contributed by atoms with Crippen molar-refractivity contribution >= 4 is 38.8 Å². The Morgan fingerprint density at radius 3 is 2.56 bits per heavy atom. The number of hydrogen-bond donors (Lipinski definition) is 1. The third kappa shape index (κ3) is 2.96. The van der Waals surface area contributed by atoms with Gasteiger partial charge < -0.3 is 5.32 Å². The number of anilines is 1. The van der Waals surface area contributed by atoms with Crippen molar-refractivity contribution in [1.82, 2.24) is 9.97 Å². The van der Waals surface area contributed by atoms with E-state index in [0.717, 1.165) is 21.5 Å². The summed E-state index contributed by atoms with van der Waals surface area (Å²) in [5.74, 6) is 0.355. The second kappa shape index (κ2) is 6.21. The van der Waals surface area contributed by atoms with Gasteiger partial charge in [-0.3, -0.25) is 14.9 Å². The van der Waals surface area contributed by atoms with Gasteiger partial charge in [-0.15, -0.1) is 11.3 Å². The van der Waals surface area contributed by atoms with Gasteiger partial charge in [0.2, 0.25) is 0 Å². The van der Waals surface area contributed by atoms with Crippen LogP contribution in [0, 0.1) is 37.8 Å². The van der Waals surface area contributed by atoms with Gasteiger partial charge in [0, 0.05) is 17.1 Å². The molecular formula is C17H16N4O3S. The fourth-order valence-corrected chi connectivity index (χ4v) is 4.00. The summed E-state index contributed by atoms with van der Waals surface area (Å²) < 4.78 is 0. The monoisotopic (exact) mass is 356 g/mol. The molecule has 0 spiro atoms. The van der Waals surface area contributed by atoms with E-state index >= 15 is 0 Å². The number of fused-ring (bicyclic) bond motifs is 1. The van der Waals surface area contributed by atoms with Crippen LogP contribution < -0.4 is 5.32 Å². The number of amides is 1. The smallest absolute Gasteiger partial charge is 0.274 e. The first-order valence-electron chi connectivity index (χ1n) is 7.59. The Bertz CT molecular complexity index is 1030. The molecule has 2 aromatic heterocycles. The molecule has 0 fully saturated rings. The van der Waals surface area contributed by atoms with Gasteiger partial charge >= 0.3 is 0 Å². The third-order valence-electron chi connectivity index (χ3n) is 4.04. The fourth-order valence-electron chi connectivity index (χ4n) is 2.83. The van der Waals surface area contributed by atoms with Crippen molar-refractivity contribution in [2.45, 2.75) is 27.7 Å². The first-order valence-corrected chi connectivity index (χ1v) is 8.41. The van der Waals surface area contributed by atoms with E-state index in [1.165, 1.54) is 17.4 Å². The number of aryl methyl sites for hydroxylation is 3. The van der Waals surface area contributed by atoms with Gasteiger partial charge in [-0.2, -0.15) is 0 Å². The highest BCUT2D eigenvalue weighted by Gasteiger charge is 2.21. The maximum absolute atomic E-state index is 12.7. The van der Waals surface area contributed by atoms with Gasteiger partial charge in [0.15, 0.2) is 0 Å². The van der Waals surface area contributed by atoms with Crippen LogP contribution in [0.15, 0.2) is 18.2 Å². The summed E-state index contributed by atoms with van der Waals surface area (Å²) in [7, 11) is 0. The van der Waals surface area contributed by atoms with E-state index in [9.17, 15) is 14.9 Å². The van der Waals surface area contributed by atoms with Gasteiger partial charge in [-0.1, -0.05) is 6.07 Å². The first kappa shape index (κ1) is 17.0. The molecule has 128 valence electrons. The molecule has 3 rings (SSSR count). The van der Waals surface area contributed by atoms with E-state index in [0.29, 0.717) is 22.0 Å². The highest BCUT2D eigenvalue weighted by molar-refractivity contribution is 7.20. The number of nitrogens with one attached hydrogen (secondary N) is 1. The lowest BCUT2D eigenvalue weighted by Crippen LogP contribution is -2.12. The number of benzene rings is 1. The van der Waals surface area contributed by atoms with Crippen molar-refractivity contribution in [3.05, 3.63) is 55.8 Å². The van der Waals surface area contributed by atoms with Crippen LogP contribution in [-0.4, -0.2) is 20.8 Å². The average molecular weight is 356 g/mol. The zero-order valence-electron chi connectivity index (χ0n) is 14.2. The molecule has 1 amide bonds. The Kier molecular flexibility index (Phi) is 4.22. The summed E-state index contributed by atoms with van der Waals surface area (Å²) in [4.78, 5) is 33.4. The first-order chi connectivity index (χ1) is 11.8. The van der Waals surface area contributed by atoms with Crippen molar-refractivity contribution in [2.75, 3.05) is 5.32 Å². The highest BCUT2D eigenvalue weighted by atomic mass is 32.1. The van der Waals surface area contributed by atoms with Crippen molar-refractivity contribution in [3.8, 4) is 0 Å². The average Bonchev–Trinajstić information content (AvgIpc) is 2.86. The number of nitrogens with zero attached hydrogens (tertiary/aromatic N) is 3. The van der Waals surface area contributed by atoms with Crippen molar-refractivity contribution in [2.24, 2.45) is 0 Å². The van der Waals surface area contributed by atoms with Crippen LogP contribution in [0.4, 0.5) is 11.4 Å². The summed E-state index contributed by atoms with van der Waals surface area (Å²) in [5.41, 5.74) is 2.48. The maximum atomic E-state index is 12.7. The zero-order chi connectivity index (χ0) is 18.3. The van der Waals surface area contributed by atoms with Crippen molar-refractivity contribution in [3.63, 3.8) is 0 Å². The molecule has 25 heavy (non-hydrogen) atoms. The van der Waals surface area contributed by atoms with Crippen LogP contribution in [0.1, 0.15) is 32.3 Å². The van der Waals surface area contributed by atoms with Crippen LogP contribution in [0.3, 0.4) is 0 Å². The molecule has 0 saturated heterocycles. The van der Waals surface area contributed by atoms with Crippen molar-refractivity contribution < 1.29 is 9.72 Å². The van der Waals surface area contributed by atoms with Crippen molar-refractivity contribution in [1.29, 1.82) is 0 Å². The number of carbonyl (C=O) groups is 1. The van der Waals surface area contributed by atoms with Crippen LogP contribution >= 0.6 is 11.3 Å². The predicted molar refractivity (Wildman–Crippen MR) is 97.4 cm³/mol. The number of aromatic nitrogens is 2. The normalized spacial score (nSPS) is 10.9. The van der Waals surface area contributed by atoms with E-state index in [1.54, 1.807) is 19.1 Å². The largest absolute Gasteiger partial charge is 0.321 e. The van der Waals surface area contributed by atoms with Crippen LogP contribution in [0.2, 0.25) is 0 Å². The molecule has 0 atom stereocenters. The van der Waals surface area contributed by atoms with Gasteiger partial charge in [-0.25, -0.2) is 9.97 Å². The maximum Gasteiger partial charge on any atom is 0.274 e. The molecular weight excluding hydrogens is 340 g/mol. The third-order valence-corrected chi connectivity index (χ3v) is 5.22. The van der Waals surface area contributed by atoms with E-state index < -0.39 is 4.92 Å². The molecule has 0 bridgehead atoms. The zero-order valence-corrected chi connectivity index (χ0v) is 15.0. The highest BCUT2D eigenvalue weighted by Crippen LogP contribution is 2.32. The number of nitro benzene ring substituents is 1. The molecule has 0 radical (unpaired) electrons. The molecule has 0 aliphatic rings. The second-order valence-electron chi connectivity index (χ2n) is 5.75. The summed E-state index contributed by atoms with van der Waals surface area (Å²) >= 11 is 1.30. The predicted octanol–water partition coefficient (Wildman–Crippen LogP) is 4.09. The van der Waals surface area contributed by atoms with E-state index in [1.807, 2.05) is 20.8 Å². The summed E-state index contributed by atoms with van der Waals surface area (Å²) in [6.07, 6.45) is 0. The standard InChI is InChI=1S/C17H16N4O3S/c1-8-12(6-5-7-13(8)21(23)24)20-16(22)15-9(2)14-10(3)18-11(4)19-17(14)25-15/h5-7H,1-4H3,(H,20,22). The Balaban J connectivity index is 2.02. The van der Waals surface area contributed by atoms with Crippen LogP contribution in [0.25, 0.3) is 10.2 Å². The lowest BCUT2D eigenvalue weighted by atomic mass is 10.1. The summed E-state index contributed by atoms with van der Waals surface area (Å²) in [6, 6.07) is 4.62. The Morgan fingerprint density at radius 2 is 1.88 bits per heavy atom.